The number of benzene rings is 2. The summed E-state index contributed by atoms with van der Waals surface area (Å²) in [6, 6.07) is 12.8. The highest BCUT2D eigenvalue weighted by Gasteiger charge is 2.13. The zero-order valence-corrected chi connectivity index (χ0v) is 17.2. The van der Waals surface area contributed by atoms with Crippen LogP contribution >= 0.6 is 22.9 Å². The van der Waals surface area contributed by atoms with E-state index < -0.39 is 11.9 Å². The van der Waals surface area contributed by atoms with Crippen LogP contribution in [0.2, 0.25) is 5.15 Å². The summed E-state index contributed by atoms with van der Waals surface area (Å²) in [5, 5.41) is 13.1. The van der Waals surface area contributed by atoms with Crippen molar-refractivity contribution < 1.29 is 19.4 Å². The van der Waals surface area contributed by atoms with Crippen molar-refractivity contribution in [3.63, 3.8) is 0 Å². The summed E-state index contributed by atoms with van der Waals surface area (Å²) in [4.78, 5) is 35.6. The second-order valence-corrected chi connectivity index (χ2v) is 7.40. The largest absolute Gasteiger partial charge is 0.497 e. The van der Waals surface area contributed by atoms with E-state index in [1.54, 1.807) is 36.4 Å². The molecular formula is C20H16ClN3O5S. The van der Waals surface area contributed by atoms with Gasteiger partial charge < -0.3 is 9.84 Å². The van der Waals surface area contributed by atoms with Gasteiger partial charge in [0.2, 0.25) is 0 Å². The number of carboxylic acids is 1. The number of thiazole rings is 1. The Balaban J connectivity index is 1.73. The summed E-state index contributed by atoms with van der Waals surface area (Å²) in [5.41, 5.74) is 3.47. The van der Waals surface area contributed by atoms with Crippen LogP contribution in [0, 0.1) is 0 Å². The summed E-state index contributed by atoms with van der Waals surface area (Å²) < 4.78 is 6.38. The lowest BCUT2D eigenvalue weighted by Crippen LogP contribution is -2.17. The van der Waals surface area contributed by atoms with Gasteiger partial charge in [-0.15, -0.1) is 0 Å². The zero-order chi connectivity index (χ0) is 21.7. The Bertz CT molecular complexity index is 1190. The van der Waals surface area contributed by atoms with Crippen molar-refractivity contribution in [3.05, 3.63) is 84.9 Å². The van der Waals surface area contributed by atoms with E-state index >= 15 is 0 Å². The number of amides is 1. The number of rotatable bonds is 7. The van der Waals surface area contributed by atoms with Gasteiger partial charge in [-0.2, -0.15) is 5.10 Å². The number of hydrogen-bond donors (Lipinski definition) is 2. The van der Waals surface area contributed by atoms with Gasteiger partial charge in [-0.1, -0.05) is 41.1 Å². The smallest absolute Gasteiger partial charge is 0.335 e. The Morgan fingerprint density at radius 3 is 2.70 bits per heavy atom. The minimum absolute atomic E-state index is 0.110. The average molecular weight is 446 g/mol. The van der Waals surface area contributed by atoms with Gasteiger partial charge in [0.1, 0.15) is 10.9 Å². The first-order chi connectivity index (χ1) is 14.4. The maximum atomic E-state index is 12.3. The molecule has 3 aromatic rings. The fourth-order valence-electron chi connectivity index (χ4n) is 2.58. The van der Waals surface area contributed by atoms with Gasteiger partial charge in [0.05, 0.1) is 30.3 Å². The Labute approximate surface area is 180 Å². The fraction of sp³-hybridized carbons (Fsp3) is 0.100. The standard InChI is InChI=1S/C20H16ClN3O5S/c1-29-15-7-3-5-13(9-15)18(25)23-22-10-16-17(21)24(20(28)30-16)11-12-4-2-6-14(8-12)19(26)27/h2-10H,11H2,1H3,(H,23,25)(H,26,27). The minimum Gasteiger partial charge on any atom is -0.497 e. The lowest BCUT2D eigenvalue weighted by Gasteiger charge is -2.05. The number of nitrogens with one attached hydrogen (secondary N) is 1. The molecule has 2 N–H and O–H groups in total. The van der Waals surface area contributed by atoms with Crippen molar-refractivity contribution in [1.29, 1.82) is 0 Å². The van der Waals surface area contributed by atoms with Crippen LogP contribution in [0.4, 0.5) is 0 Å². The van der Waals surface area contributed by atoms with E-state index in [-0.39, 0.29) is 22.1 Å². The molecular weight excluding hydrogens is 430 g/mol. The molecule has 0 aliphatic heterocycles. The number of hydrazone groups is 1. The zero-order valence-electron chi connectivity index (χ0n) is 15.7. The first kappa shape index (κ1) is 21.3. The number of methoxy groups -OCH3 is 1. The van der Waals surface area contributed by atoms with Gasteiger partial charge in [-0.3, -0.25) is 14.2 Å². The van der Waals surface area contributed by atoms with Crippen molar-refractivity contribution >= 4 is 41.0 Å². The van der Waals surface area contributed by atoms with Crippen LogP contribution in [0.25, 0.3) is 0 Å². The van der Waals surface area contributed by atoms with Gasteiger partial charge in [-0.05, 0) is 35.9 Å². The molecule has 0 aliphatic rings. The summed E-state index contributed by atoms with van der Waals surface area (Å²) in [5.74, 6) is -0.962. The van der Waals surface area contributed by atoms with Crippen molar-refractivity contribution in [2.24, 2.45) is 5.10 Å². The number of aromatic nitrogens is 1. The molecule has 0 saturated carbocycles. The molecule has 0 spiro atoms. The van der Waals surface area contributed by atoms with Crippen LogP contribution in [-0.2, 0) is 6.54 Å². The number of hydrogen-bond acceptors (Lipinski definition) is 6. The van der Waals surface area contributed by atoms with Crippen molar-refractivity contribution in [1.82, 2.24) is 9.99 Å². The normalized spacial score (nSPS) is 10.9. The number of halogens is 1. The second-order valence-electron chi connectivity index (χ2n) is 6.05. The first-order valence-electron chi connectivity index (χ1n) is 8.58. The predicted molar refractivity (Wildman–Crippen MR) is 114 cm³/mol. The van der Waals surface area contributed by atoms with E-state index in [1.165, 1.54) is 30.0 Å². The SMILES string of the molecule is COc1cccc(C(=O)NN=Cc2sc(=O)n(Cc3cccc(C(=O)O)c3)c2Cl)c1. The molecule has 0 radical (unpaired) electrons. The molecule has 8 nitrogen and oxygen atoms in total. The highest BCUT2D eigenvalue weighted by molar-refractivity contribution is 7.11. The molecule has 0 aliphatic carbocycles. The Morgan fingerprint density at radius 1 is 1.23 bits per heavy atom. The number of carbonyl (C=O) groups is 2. The lowest BCUT2D eigenvalue weighted by molar-refractivity contribution is 0.0696. The maximum Gasteiger partial charge on any atom is 0.335 e. The molecule has 3 rings (SSSR count). The molecule has 0 unspecified atom stereocenters. The van der Waals surface area contributed by atoms with E-state index in [9.17, 15) is 14.4 Å². The number of carbonyl (C=O) groups excluding carboxylic acids is 1. The molecule has 0 atom stereocenters. The van der Waals surface area contributed by atoms with E-state index in [1.807, 2.05) is 0 Å². The van der Waals surface area contributed by atoms with Crippen LogP contribution < -0.4 is 15.0 Å². The van der Waals surface area contributed by atoms with Crippen LogP contribution in [0.15, 0.2) is 58.4 Å². The van der Waals surface area contributed by atoms with E-state index in [0.29, 0.717) is 21.8 Å². The Kier molecular flexibility index (Phi) is 6.65. The topological polar surface area (TPSA) is 110 Å². The van der Waals surface area contributed by atoms with Gasteiger partial charge in [0.15, 0.2) is 0 Å². The Morgan fingerprint density at radius 2 is 1.97 bits per heavy atom. The van der Waals surface area contributed by atoms with Crippen LogP contribution in [-0.4, -0.2) is 34.9 Å². The summed E-state index contributed by atoms with van der Waals surface area (Å²) in [6.07, 6.45) is 1.29. The summed E-state index contributed by atoms with van der Waals surface area (Å²) in [7, 11) is 1.50. The van der Waals surface area contributed by atoms with E-state index in [2.05, 4.69) is 10.5 Å². The van der Waals surface area contributed by atoms with Crippen LogP contribution in [0.3, 0.4) is 0 Å². The van der Waals surface area contributed by atoms with E-state index in [0.717, 1.165) is 11.3 Å². The summed E-state index contributed by atoms with van der Waals surface area (Å²) in [6.45, 7) is 0.110. The number of ether oxygens (including phenoxy) is 1. The molecule has 1 aromatic heterocycles. The molecule has 0 fully saturated rings. The molecule has 10 heteroatoms. The molecule has 0 bridgehead atoms. The molecule has 0 saturated heterocycles. The van der Waals surface area contributed by atoms with Gasteiger partial charge >= 0.3 is 10.8 Å². The van der Waals surface area contributed by atoms with Gasteiger partial charge in [-0.25, -0.2) is 10.2 Å². The summed E-state index contributed by atoms with van der Waals surface area (Å²) >= 11 is 7.15. The first-order valence-corrected chi connectivity index (χ1v) is 9.77. The van der Waals surface area contributed by atoms with Crippen molar-refractivity contribution in [2.75, 3.05) is 7.11 Å². The molecule has 30 heavy (non-hydrogen) atoms. The highest BCUT2D eigenvalue weighted by atomic mass is 35.5. The van der Waals surface area contributed by atoms with Crippen molar-refractivity contribution in [2.45, 2.75) is 6.54 Å². The molecule has 1 amide bonds. The quantitative estimate of drug-likeness (QED) is 0.429. The third kappa shape index (κ3) is 4.94. The number of nitrogens with zero attached hydrogens (tertiary/aromatic N) is 2. The number of carboxylic acid groups (broad SMARTS) is 1. The highest BCUT2D eigenvalue weighted by Crippen LogP contribution is 2.19. The maximum absolute atomic E-state index is 12.3. The monoisotopic (exact) mass is 445 g/mol. The Hall–Kier alpha value is -3.43. The minimum atomic E-state index is -1.06. The third-order valence-corrected chi connectivity index (χ3v) is 5.49. The molecule has 1 heterocycles. The third-order valence-electron chi connectivity index (χ3n) is 4.05. The van der Waals surface area contributed by atoms with Crippen LogP contribution in [0.1, 0.15) is 31.2 Å². The average Bonchev–Trinajstić information content (AvgIpc) is 3.01. The van der Waals surface area contributed by atoms with Gasteiger partial charge in [0.25, 0.3) is 5.91 Å². The fourth-order valence-corrected chi connectivity index (χ4v) is 3.69. The predicted octanol–water partition coefficient (Wildman–Crippen LogP) is 3.08. The van der Waals surface area contributed by atoms with Crippen molar-refractivity contribution in [3.8, 4) is 5.75 Å². The molecule has 2 aromatic carbocycles. The van der Waals surface area contributed by atoms with Gasteiger partial charge in [0, 0.05) is 5.56 Å². The molecule has 154 valence electrons. The lowest BCUT2D eigenvalue weighted by atomic mass is 10.1. The second kappa shape index (κ2) is 9.38. The number of aromatic carboxylic acids is 1. The van der Waals surface area contributed by atoms with Crippen LogP contribution in [0.5, 0.6) is 5.75 Å². The van der Waals surface area contributed by atoms with E-state index in [4.69, 9.17) is 21.4 Å².